The maximum absolute atomic E-state index is 11.4. The highest BCUT2D eigenvalue weighted by molar-refractivity contribution is 7.98. The van der Waals surface area contributed by atoms with Crippen LogP contribution >= 0.6 is 23.1 Å². The highest BCUT2D eigenvalue weighted by Gasteiger charge is 2.07. The lowest BCUT2D eigenvalue weighted by molar-refractivity contribution is -0.645. The number of aromatic nitrogens is 2. The van der Waals surface area contributed by atoms with Gasteiger partial charge in [0.05, 0.1) is 10.7 Å². The number of rotatable bonds is 5. The van der Waals surface area contributed by atoms with Crippen molar-refractivity contribution in [3.63, 3.8) is 0 Å². The molecule has 0 unspecified atom stereocenters. The van der Waals surface area contributed by atoms with Crippen molar-refractivity contribution in [2.45, 2.75) is 30.5 Å². The Kier molecular flexibility index (Phi) is 4.39. The highest BCUT2D eigenvalue weighted by atomic mass is 32.2. The minimum absolute atomic E-state index is 0.720. The number of hydrogen-bond acceptors (Lipinski definition) is 4. The van der Waals surface area contributed by atoms with Crippen LogP contribution in [0.4, 0.5) is 0 Å². The van der Waals surface area contributed by atoms with Crippen molar-refractivity contribution in [2.75, 3.05) is 0 Å². The predicted molar refractivity (Wildman–Crippen MR) is 71.1 cm³/mol. The van der Waals surface area contributed by atoms with E-state index >= 15 is 0 Å². The van der Waals surface area contributed by atoms with Crippen LogP contribution in [-0.2, 0) is 12.2 Å². The van der Waals surface area contributed by atoms with Crippen molar-refractivity contribution in [1.29, 1.82) is 0 Å². The van der Waals surface area contributed by atoms with Crippen LogP contribution in [0.5, 0.6) is 0 Å². The summed E-state index contributed by atoms with van der Waals surface area (Å²) in [6.07, 6.45) is 3.69. The van der Waals surface area contributed by atoms with Crippen molar-refractivity contribution < 1.29 is 4.73 Å². The molecule has 0 aromatic carbocycles. The third kappa shape index (κ3) is 3.44. The molecule has 0 radical (unpaired) electrons. The molecule has 2 rings (SSSR count). The van der Waals surface area contributed by atoms with Gasteiger partial charge < -0.3 is 5.21 Å². The lowest BCUT2D eigenvalue weighted by Gasteiger charge is -2.01. The van der Waals surface area contributed by atoms with Gasteiger partial charge in [-0.3, -0.25) is 0 Å². The van der Waals surface area contributed by atoms with Crippen molar-refractivity contribution in [3.05, 3.63) is 45.7 Å². The Balaban J connectivity index is 1.95. The van der Waals surface area contributed by atoms with Gasteiger partial charge in [0.25, 0.3) is 5.03 Å². The molecule has 0 aliphatic rings. The van der Waals surface area contributed by atoms with Gasteiger partial charge in [0.1, 0.15) is 0 Å². The molecule has 90 valence electrons. The summed E-state index contributed by atoms with van der Waals surface area (Å²) in [5, 5.41) is 15.4. The topological polar surface area (TPSA) is 39.8 Å². The van der Waals surface area contributed by atoms with E-state index in [4.69, 9.17) is 0 Å². The molecule has 0 amide bonds. The summed E-state index contributed by atoms with van der Waals surface area (Å²) in [5.74, 6) is 0.756. The fraction of sp³-hybridized carbons (Fsp3) is 0.333. The first kappa shape index (κ1) is 12.4. The fourth-order valence-corrected chi connectivity index (χ4v) is 3.23. The molecule has 0 bridgehead atoms. The fourth-order valence-electron chi connectivity index (χ4n) is 1.42. The van der Waals surface area contributed by atoms with Gasteiger partial charge in [-0.15, -0.1) is 11.3 Å². The normalized spacial score (nSPS) is 10.6. The lowest BCUT2D eigenvalue weighted by Crippen LogP contribution is -2.27. The van der Waals surface area contributed by atoms with Gasteiger partial charge in [0, 0.05) is 23.3 Å². The third-order valence-corrected chi connectivity index (χ3v) is 4.23. The van der Waals surface area contributed by atoms with Gasteiger partial charge in [-0.25, -0.2) is 4.98 Å². The SMILES string of the molecule is CCCc1nc(CSc2cccc[n+]2[O-])cs1. The Hall–Kier alpha value is -1.07. The van der Waals surface area contributed by atoms with Crippen molar-refractivity contribution in [3.8, 4) is 0 Å². The molecular weight excluding hydrogens is 252 g/mol. The van der Waals surface area contributed by atoms with Gasteiger partial charge in [0.2, 0.25) is 0 Å². The van der Waals surface area contributed by atoms with E-state index in [0.717, 1.165) is 34.0 Å². The molecular formula is C12H14N2OS2. The van der Waals surface area contributed by atoms with E-state index in [0.29, 0.717) is 0 Å². The molecule has 0 fully saturated rings. The number of pyridine rings is 1. The molecule has 0 atom stereocenters. The molecule has 3 nitrogen and oxygen atoms in total. The second-order valence-corrected chi connectivity index (χ2v) is 5.57. The van der Waals surface area contributed by atoms with Crippen LogP contribution in [-0.4, -0.2) is 4.98 Å². The Bertz CT molecular complexity index is 485. The zero-order valence-corrected chi connectivity index (χ0v) is 11.3. The molecule has 0 spiro atoms. The summed E-state index contributed by atoms with van der Waals surface area (Å²) in [5.41, 5.74) is 1.06. The van der Waals surface area contributed by atoms with E-state index in [2.05, 4.69) is 17.3 Å². The second kappa shape index (κ2) is 6.02. The first-order valence-electron chi connectivity index (χ1n) is 5.54. The molecule has 2 heterocycles. The Morgan fingerprint density at radius 3 is 3.12 bits per heavy atom. The number of nitrogens with zero attached hydrogens (tertiary/aromatic N) is 2. The van der Waals surface area contributed by atoms with Crippen molar-refractivity contribution in [1.82, 2.24) is 4.98 Å². The molecule has 0 saturated heterocycles. The summed E-state index contributed by atoms with van der Waals surface area (Å²) in [6.45, 7) is 2.15. The van der Waals surface area contributed by atoms with E-state index in [-0.39, 0.29) is 0 Å². The smallest absolute Gasteiger partial charge is 0.251 e. The minimum Gasteiger partial charge on any atom is -0.618 e. The minimum atomic E-state index is 0.720. The maximum Gasteiger partial charge on any atom is 0.251 e. The quantitative estimate of drug-likeness (QED) is 0.474. The summed E-state index contributed by atoms with van der Waals surface area (Å²) < 4.78 is 0.893. The molecule has 0 aliphatic heterocycles. The average Bonchev–Trinajstić information content (AvgIpc) is 2.76. The standard InChI is InChI=1S/C12H14N2OS2/c1-2-5-11-13-10(8-16-11)9-17-12-6-3-4-7-14(12)15/h3-4,6-8H,2,5,9H2,1H3. The number of thiazole rings is 1. The van der Waals surface area contributed by atoms with Crippen LogP contribution in [0, 0.1) is 5.21 Å². The number of hydrogen-bond donors (Lipinski definition) is 0. The molecule has 17 heavy (non-hydrogen) atoms. The Morgan fingerprint density at radius 1 is 1.47 bits per heavy atom. The lowest BCUT2D eigenvalue weighted by atomic mass is 10.3. The molecule has 2 aromatic heterocycles. The van der Waals surface area contributed by atoms with Crippen LogP contribution < -0.4 is 4.73 Å². The largest absolute Gasteiger partial charge is 0.618 e. The Morgan fingerprint density at radius 2 is 2.35 bits per heavy atom. The van der Waals surface area contributed by atoms with Gasteiger partial charge in [-0.2, -0.15) is 4.73 Å². The second-order valence-electron chi connectivity index (χ2n) is 3.64. The first-order valence-corrected chi connectivity index (χ1v) is 7.40. The van der Waals surface area contributed by atoms with E-state index in [1.807, 2.05) is 12.1 Å². The number of aryl methyl sites for hydroxylation is 1. The summed E-state index contributed by atoms with van der Waals surface area (Å²) in [7, 11) is 0. The average molecular weight is 266 g/mol. The predicted octanol–water partition coefficient (Wildman–Crippen LogP) is 3.02. The molecule has 0 N–H and O–H groups in total. The van der Waals surface area contributed by atoms with E-state index < -0.39 is 0 Å². The Labute approximate surface area is 109 Å². The number of thioether (sulfide) groups is 1. The molecule has 0 aliphatic carbocycles. The van der Waals surface area contributed by atoms with Crippen molar-refractivity contribution in [2.24, 2.45) is 0 Å². The van der Waals surface area contributed by atoms with Gasteiger partial charge in [-0.05, 0) is 30.7 Å². The van der Waals surface area contributed by atoms with Crippen molar-refractivity contribution >= 4 is 23.1 Å². The zero-order chi connectivity index (χ0) is 12.1. The summed E-state index contributed by atoms with van der Waals surface area (Å²) in [6, 6.07) is 5.44. The first-order chi connectivity index (χ1) is 8.29. The van der Waals surface area contributed by atoms with Crippen LogP contribution in [0.3, 0.4) is 0 Å². The van der Waals surface area contributed by atoms with Gasteiger partial charge >= 0.3 is 0 Å². The monoisotopic (exact) mass is 266 g/mol. The van der Waals surface area contributed by atoms with Gasteiger partial charge in [-0.1, -0.05) is 6.92 Å². The molecule has 5 heteroatoms. The summed E-state index contributed by atoms with van der Waals surface area (Å²) in [4.78, 5) is 4.53. The van der Waals surface area contributed by atoms with E-state index in [1.54, 1.807) is 17.4 Å². The van der Waals surface area contributed by atoms with Crippen LogP contribution in [0.1, 0.15) is 24.0 Å². The third-order valence-electron chi connectivity index (χ3n) is 2.22. The van der Waals surface area contributed by atoms with Crippen LogP contribution in [0.2, 0.25) is 0 Å². The molecule has 0 saturated carbocycles. The van der Waals surface area contributed by atoms with Crippen LogP contribution in [0.15, 0.2) is 34.8 Å². The van der Waals surface area contributed by atoms with E-state index in [1.165, 1.54) is 23.0 Å². The van der Waals surface area contributed by atoms with Crippen LogP contribution in [0.25, 0.3) is 0 Å². The maximum atomic E-state index is 11.4. The highest BCUT2D eigenvalue weighted by Crippen LogP contribution is 2.21. The van der Waals surface area contributed by atoms with E-state index in [9.17, 15) is 5.21 Å². The zero-order valence-electron chi connectivity index (χ0n) is 9.63. The molecule has 2 aromatic rings. The van der Waals surface area contributed by atoms with Gasteiger partial charge in [0.15, 0.2) is 6.20 Å². The summed E-state index contributed by atoms with van der Waals surface area (Å²) >= 11 is 3.23.